The van der Waals surface area contributed by atoms with Gasteiger partial charge in [0.05, 0.1) is 15.7 Å². The average molecular weight is 410 g/mol. The molecular formula is C24H28NOPS. The van der Waals surface area contributed by atoms with Crippen LogP contribution in [-0.4, -0.2) is 8.96 Å². The van der Waals surface area contributed by atoms with Gasteiger partial charge in [0.2, 0.25) is 0 Å². The molecule has 3 aromatic carbocycles. The molecule has 0 fully saturated rings. The van der Waals surface area contributed by atoms with Crippen LogP contribution in [0.3, 0.4) is 0 Å². The Balaban J connectivity index is 2.06. The van der Waals surface area contributed by atoms with Crippen molar-refractivity contribution in [3.05, 3.63) is 90.5 Å². The third-order valence-electron chi connectivity index (χ3n) is 4.51. The Hall–Kier alpha value is -1.80. The minimum absolute atomic E-state index is 0.00585. The highest BCUT2D eigenvalue weighted by molar-refractivity contribution is 7.84. The largest absolute Gasteiger partial charge is 0.242 e. The van der Waals surface area contributed by atoms with Crippen molar-refractivity contribution in [3.8, 4) is 0 Å². The van der Waals surface area contributed by atoms with Crippen LogP contribution in [0.15, 0.2) is 84.9 Å². The Morgan fingerprint density at radius 3 is 1.75 bits per heavy atom. The quantitative estimate of drug-likeness (QED) is 0.594. The molecule has 1 unspecified atom stereocenters. The van der Waals surface area contributed by atoms with E-state index in [1.807, 2.05) is 20.8 Å². The molecule has 0 aliphatic carbocycles. The van der Waals surface area contributed by atoms with Crippen LogP contribution >= 0.6 is 7.92 Å². The van der Waals surface area contributed by atoms with E-state index in [-0.39, 0.29) is 10.8 Å². The SMILES string of the molecule is C[C@@H](NS(=O)C(C)(C)C)c1ccccc1P(c1ccccc1)c1ccccc1. The van der Waals surface area contributed by atoms with Crippen molar-refractivity contribution in [1.29, 1.82) is 0 Å². The first kappa shape index (κ1) is 20.9. The summed E-state index contributed by atoms with van der Waals surface area (Å²) in [5.74, 6) is 0. The van der Waals surface area contributed by atoms with Gasteiger partial charge in [0.25, 0.3) is 0 Å². The summed E-state index contributed by atoms with van der Waals surface area (Å²) in [4.78, 5) is 0. The maximum absolute atomic E-state index is 12.7. The smallest absolute Gasteiger partial charge is 0.0975 e. The predicted octanol–water partition coefficient (Wildman–Crippen LogP) is 4.56. The molecule has 0 spiro atoms. The van der Waals surface area contributed by atoms with Gasteiger partial charge in [-0.3, -0.25) is 0 Å². The van der Waals surface area contributed by atoms with Gasteiger partial charge < -0.3 is 0 Å². The van der Waals surface area contributed by atoms with E-state index in [0.717, 1.165) is 0 Å². The lowest BCUT2D eigenvalue weighted by molar-refractivity contribution is 0.617. The molecule has 3 aromatic rings. The molecule has 146 valence electrons. The van der Waals surface area contributed by atoms with Crippen molar-refractivity contribution in [3.63, 3.8) is 0 Å². The van der Waals surface area contributed by atoms with E-state index in [1.54, 1.807) is 0 Å². The molecule has 0 aromatic heterocycles. The van der Waals surface area contributed by atoms with Gasteiger partial charge in [-0.2, -0.15) is 0 Å². The van der Waals surface area contributed by atoms with Crippen molar-refractivity contribution in [2.24, 2.45) is 0 Å². The van der Waals surface area contributed by atoms with Crippen LogP contribution in [0.2, 0.25) is 0 Å². The van der Waals surface area contributed by atoms with Gasteiger partial charge in [0, 0.05) is 6.04 Å². The molecule has 28 heavy (non-hydrogen) atoms. The van der Waals surface area contributed by atoms with Crippen molar-refractivity contribution < 1.29 is 4.21 Å². The fourth-order valence-corrected chi connectivity index (χ4v) is 6.40. The molecule has 1 N–H and O–H groups in total. The molecule has 0 aliphatic rings. The molecule has 0 saturated carbocycles. The highest BCUT2D eigenvalue weighted by Crippen LogP contribution is 2.35. The maximum atomic E-state index is 12.7. The average Bonchev–Trinajstić information content (AvgIpc) is 2.69. The number of hydrogen-bond acceptors (Lipinski definition) is 1. The van der Waals surface area contributed by atoms with Crippen LogP contribution in [0.4, 0.5) is 0 Å². The van der Waals surface area contributed by atoms with E-state index >= 15 is 0 Å². The zero-order valence-corrected chi connectivity index (χ0v) is 18.6. The van der Waals surface area contributed by atoms with Gasteiger partial charge in [-0.1, -0.05) is 84.9 Å². The highest BCUT2D eigenvalue weighted by atomic mass is 32.2. The summed E-state index contributed by atoms with van der Waals surface area (Å²) in [6.45, 7) is 8.09. The van der Waals surface area contributed by atoms with E-state index in [0.29, 0.717) is 0 Å². The molecular weight excluding hydrogens is 381 g/mol. The molecule has 0 bridgehead atoms. The summed E-state index contributed by atoms with van der Waals surface area (Å²) in [5.41, 5.74) is 1.21. The van der Waals surface area contributed by atoms with Gasteiger partial charge in [0.1, 0.15) is 0 Å². The molecule has 4 heteroatoms. The van der Waals surface area contributed by atoms with Crippen molar-refractivity contribution >= 4 is 34.8 Å². The van der Waals surface area contributed by atoms with Crippen molar-refractivity contribution in [1.82, 2.24) is 4.72 Å². The topological polar surface area (TPSA) is 29.1 Å². The lowest BCUT2D eigenvalue weighted by atomic mass is 10.1. The first-order valence-electron chi connectivity index (χ1n) is 9.55. The van der Waals surface area contributed by atoms with Crippen LogP contribution in [0.25, 0.3) is 0 Å². The molecule has 3 rings (SSSR count). The summed E-state index contributed by atoms with van der Waals surface area (Å²) >= 11 is 0. The maximum Gasteiger partial charge on any atom is 0.0975 e. The number of hydrogen-bond donors (Lipinski definition) is 1. The Kier molecular flexibility index (Phi) is 6.82. The molecule has 0 amide bonds. The van der Waals surface area contributed by atoms with E-state index in [1.165, 1.54) is 21.5 Å². The third kappa shape index (κ3) is 4.97. The van der Waals surface area contributed by atoms with Crippen LogP contribution in [0.1, 0.15) is 39.3 Å². The second-order valence-electron chi connectivity index (χ2n) is 7.79. The molecule has 0 aliphatic heterocycles. The first-order chi connectivity index (χ1) is 13.4. The van der Waals surface area contributed by atoms with E-state index < -0.39 is 18.9 Å². The van der Waals surface area contributed by atoms with Crippen molar-refractivity contribution in [2.75, 3.05) is 0 Å². The van der Waals surface area contributed by atoms with E-state index in [4.69, 9.17) is 0 Å². The molecule has 0 heterocycles. The summed E-state index contributed by atoms with van der Waals surface area (Å²) in [5, 5.41) is 3.95. The zero-order chi connectivity index (χ0) is 20.1. The Morgan fingerprint density at radius 2 is 1.25 bits per heavy atom. The van der Waals surface area contributed by atoms with Gasteiger partial charge >= 0.3 is 0 Å². The minimum Gasteiger partial charge on any atom is -0.242 e. The van der Waals surface area contributed by atoms with Crippen LogP contribution < -0.4 is 20.6 Å². The Morgan fingerprint density at radius 1 is 0.786 bits per heavy atom. The van der Waals surface area contributed by atoms with Gasteiger partial charge in [-0.25, -0.2) is 8.93 Å². The fourth-order valence-electron chi connectivity index (χ4n) is 3.04. The van der Waals surface area contributed by atoms with Gasteiger partial charge in [0.15, 0.2) is 0 Å². The van der Waals surface area contributed by atoms with Gasteiger partial charge in [-0.15, -0.1) is 0 Å². The highest BCUT2D eigenvalue weighted by Gasteiger charge is 2.25. The van der Waals surface area contributed by atoms with Crippen LogP contribution in [0.5, 0.6) is 0 Å². The molecule has 2 nitrogen and oxygen atoms in total. The normalized spacial score (nSPS) is 14.0. The van der Waals surface area contributed by atoms with Crippen LogP contribution in [-0.2, 0) is 11.0 Å². The monoisotopic (exact) mass is 409 g/mol. The summed E-state index contributed by atoms with van der Waals surface area (Å²) in [6.07, 6.45) is 0. The predicted molar refractivity (Wildman–Crippen MR) is 125 cm³/mol. The Labute approximate surface area is 172 Å². The first-order valence-corrected chi connectivity index (χ1v) is 12.0. The van der Waals surface area contributed by atoms with Crippen molar-refractivity contribution in [2.45, 2.75) is 38.5 Å². The Bertz CT molecular complexity index is 883. The number of rotatable bonds is 6. The number of nitrogens with one attached hydrogen (secondary N) is 1. The zero-order valence-electron chi connectivity index (χ0n) is 16.9. The molecule has 2 atom stereocenters. The van der Waals surface area contributed by atoms with E-state index in [2.05, 4.69) is 96.6 Å². The standard InChI is InChI=1S/C24H28NOPS/c1-19(25-28(26)24(2,3)4)22-17-11-12-18-23(22)27(20-13-7-5-8-14-20)21-15-9-6-10-16-21/h5-19,25H,1-4H3/t19-,28?/m1/s1. The lowest BCUT2D eigenvalue weighted by Crippen LogP contribution is -2.36. The van der Waals surface area contributed by atoms with E-state index in [9.17, 15) is 4.21 Å². The lowest BCUT2D eigenvalue weighted by Gasteiger charge is -2.27. The molecule has 0 saturated heterocycles. The fraction of sp³-hybridized carbons (Fsp3) is 0.250. The van der Waals surface area contributed by atoms with Crippen LogP contribution in [0, 0.1) is 0 Å². The summed E-state index contributed by atoms with van der Waals surface area (Å²) in [6, 6.07) is 29.9. The number of benzene rings is 3. The second kappa shape index (κ2) is 9.13. The minimum atomic E-state index is -1.12. The third-order valence-corrected chi connectivity index (χ3v) is 8.71. The second-order valence-corrected chi connectivity index (χ2v) is 12.0. The van der Waals surface area contributed by atoms with Gasteiger partial charge in [-0.05, 0) is 57.1 Å². The molecule has 0 radical (unpaired) electrons. The summed E-state index contributed by atoms with van der Waals surface area (Å²) < 4.78 is 15.7. The summed E-state index contributed by atoms with van der Waals surface area (Å²) in [7, 11) is -1.81.